The van der Waals surface area contributed by atoms with Gasteiger partial charge in [-0.25, -0.2) is 9.78 Å². The molecule has 1 N–H and O–H groups in total. The number of esters is 1. The number of nitrogens with one attached hydrogen (secondary N) is 1. The Kier molecular flexibility index (Phi) is 4.92. The van der Waals surface area contributed by atoms with Gasteiger partial charge in [-0.15, -0.1) is 0 Å². The molecule has 0 atom stereocenters. The van der Waals surface area contributed by atoms with Crippen molar-refractivity contribution < 1.29 is 19.2 Å². The standard InChI is InChI=1S/C13H10ClN3O5S/c1-6-10(12(19)22-2)23-13(15-6)16-11(18)7-3-4-8(14)9(5-7)17(20)21/h3-5H,1-2H3,(H,15,16,18). The third-order valence-corrected chi connectivity index (χ3v) is 4.17. The molecule has 0 saturated carbocycles. The number of anilines is 1. The fourth-order valence-electron chi connectivity index (χ4n) is 1.70. The fraction of sp³-hybridized carbons (Fsp3) is 0.154. The molecule has 0 spiro atoms. The van der Waals surface area contributed by atoms with Gasteiger partial charge in [-0.05, 0) is 19.1 Å². The summed E-state index contributed by atoms with van der Waals surface area (Å²) in [5, 5.41) is 13.4. The van der Waals surface area contributed by atoms with E-state index in [1.165, 1.54) is 19.2 Å². The van der Waals surface area contributed by atoms with Crippen LogP contribution in [0, 0.1) is 17.0 Å². The van der Waals surface area contributed by atoms with Crippen molar-refractivity contribution in [2.24, 2.45) is 0 Å². The van der Waals surface area contributed by atoms with Crippen molar-refractivity contribution >= 4 is 45.6 Å². The summed E-state index contributed by atoms with van der Waals surface area (Å²) in [5.74, 6) is -1.16. The largest absolute Gasteiger partial charge is 0.465 e. The number of rotatable bonds is 4. The van der Waals surface area contributed by atoms with Crippen LogP contribution in [-0.2, 0) is 4.74 Å². The van der Waals surface area contributed by atoms with Crippen LogP contribution in [0.1, 0.15) is 25.7 Å². The van der Waals surface area contributed by atoms with Crippen molar-refractivity contribution in [2.75, 3.05) is 12.4 Å². The summed E-state index contributed by atoms with van der Waals surface area (Å²) in [4.78, 5) is 38.1. The summed E-state index contributed by atoms with van der Waals surface area (Å²) in [6.07, 6.45) is 0. The van der Waals surface area contributed by atoms with E-state index in [-0.39, 0.29) is 26.3 Å². The molecule has 2 rings (SSSR count). The predicted molar refractivity (Wildman–Crippen MR) is 84.3 cm³/mol. The lowest BCUT2D eigenvalue weighted by atomic mass is 10.2. The number of carbonyl (C=O) groups is 2. The van der Waals surface area contributed by atoms with Crippen LogP contribution in [0.2, 0.25) is 5.02 Å². The molecule has 0 radical (unpaired) electrons. The molecule has 10 heteroatoms. The molecular weight excluding hydrogens is 346 g/mol. The van der Waals surface area contributed by atoms with Crippen molar-refractivity contribution in [3.63, 3.8) is 0 Å². The lowest BCUT2D eigenvalue weighted by molar-refractivity contribution is -0.384. The number of thiazole rings is 1. The highest BCUT2D eigenvalue weighted by Crippen LogP contribution is 2.27. The summed E-state index contributed by atoms with van der Waals surface area (Å²) < 4.78 is 4.60. The van der Waals surface area contributed by atoms with E-state index in [9.17, 15) is 19.7 Å². The number of ether oxygens (including phenoxy) is 1. The van der Waals surface area contributed by atoms with E-state index in [1.807, 2.05) is 0 Å². The molecule has 0 unspecified atom stereocenters. The first-order valence-corrected chi connectivity index (χ1v) is 7.34. The first-order chi connectivity index (χ1) is 10.8. The van der Waals surface area contributed by atoms with Crippen molar-refractivity contribution in [1.82, 2.24) is 4.98 Å². The lowest BCUT2D eigenvalue weighted by Crippen LogP contribution is -2.12. The van der Waals surface area contributed by atoms with Crippen LogP contribution in [0.4, 0.5) is 10.8 Å². The molecule has 1 aromatic heterocycles. The number of amides is 1. The van der Waals surface area contributed by atoms with Gasteiger partial charge < -0.3 is 4.74 Å². The maximum Gasteiger partial charge on any atom is 0.350 e. The van der Waals surface area contributed by atoms with E-state index < -0.39 is 16.8 Å². The molecule has 1 heterocycles. The van der Waals surface area contributed by atoms with E-state index >= 15 is 0 Å². The second-order valence-corrected chi connectivity index (χ2v) is 5.71. The molecule has 0 fully saturated rings. The minimum absolute atomic E-state index is 0.0496. The monoisotopic (exact) mass is 355 g/mol. The number of nitro benzene ring substituents is 1. The Morgan fingerprint density at radius 2 is 2.13 bits per heavy atom. The first-order valence-electron chi connectivity index (χ1n) is 6.14. The van der Waals surface area contributed by atoms with Crippen LogP contribution in [-0.4, -0.2) is 28.9 Å². The van der Waals surface area contributed by atoms with Crippen LogP contribution >= 0.6 is 22.9 Å². The number of aromatic nitrogens is 1. The summed E-state index contributed by atoms with van der Waals surface area (Å²) in [6.45, 7) is 1.60. The highest BCUT2D eigenvalue weighted by Gasteiger charge is 2.19. The van der Waals surface area contributed by atoms with E-state index in [4.69, 9.17) is 11.6 Å². The first kappa shape index (κ1) is 16.8. The average molecular weight is 356 g/mol. The van der Waals surface area contributed by atoms with Crippen LogP contribution in [0.15, 0.2) is 18.2 Å². The maximum atomic E-state index is 12.1. The maximum absolute atomic E-state index is 12.1. The van der Waals surface area contributed by atoms with E-state index in [0.29, 0.717) is 5.69 Å². The highest BCUT2D eigenvalue weighted by molar-refractivity contribution is 7.17. The van der Waals surface area contributed by atoms with Gasteiger partial charge in [0.05, 0.1) is 17.7 Å². The van der Waals surface area contributed by atoms with Gasteiger partial charge >= 0.3 is 5.97 Å². The molecule has 23 heavy (non-hydrogen) atoms. The summed E-state index contributed by atoms with van der Waals surface area (Å²) in [5.41, 5.74) is 0.0951. The minimum atomic E-state index is -0.679. The Labute approximate surface area is 139 Å². The van der Waals surface area contributed by atoms with Gasteiger partial charge in [0, 0.05) is 11.6 Å². The molecule has 1 amide bonds. The third-order valence-electron chi connectivity index (χ3n) is 2.79. The van der Waals surface area contributed by atoms with Crippen molar-refractivity contribution in [3.8, 4) is 0 Å². The zero-order valence-corrected chi connectivity index (χ0v) is 13.5. The quantitative estimate of drug-likeness (QED) is 0.512. The Balaban J connectivity index is 2.24. The van der Waals surface area contributed by atoms with E-state index in [0.717, 1.165) is 17.4 Å². The number of methoxy groups -OCH3 is 1. The summed E-state index contributed by atoms with van der Waals surface area (Å²) >= 11 is 6.65. The number of hydrogen-bond donors (Lipinski definition) is 1. The highest BCUT2D eigenvalue weighted by atomic mass is 35.5. The average Bonchev–Trinajstić information content (AvgIpc) is 2.87. The Bertz CT molecular complexity index is 805. The Morgan fingerprint density at radius 3 is 2.74 bits per heavy atom. The van der Waals surface area contributed by atoms with Gasteiger partial charge in [-0.3, -0.25) is 20.2 Å². The van der Waals surface area contributed by atoms with Gasteiger partial charge in [-0.2, -0.15) is 0 Å². The molecule has 2 aromatic rings. The molecular formula is C13H10ClN3O5S. The molecule has 8 nitrogen and oxygen atoms in total. The number of halogens is 1. The second kappa shape index (κ2) is 6.71. The number of nitrogens with zero attached hydrogens (tertiary/aromatic N) is 2. The normalized spacial score (nSPS) is 10.2. The minimum Gasteiger partial charge on any atom is -0.465 e. The number of aryl methyl sites for hydroxylation is 1. The number of nitro groups is 1. The number of carbonyl (C=O) groups excluding carboxylic acids is 2. The molecule has 0 bridgehead atoms. The van der Waals surface area contributed by atoms with Crippen LogP contribution < -0.4 is 5.32 Å². The van der Waals surface area contributed by atoms with Crippen molar-refractivity contribution in [2.45, 2.75) is 6.92 Å². The van der Waals surface area contributed by atoms with Crippen molar-refractivity contribution in [1.29, 1.82) is 0 Å². The van der Waals surface area contributed by atoms with Gasteiger partial charge in [0.2, 0.25) is 0 Å². The van der Waals surface area contributed by atoms with E-state index in [2.05, 4.69) is 15.0 Å². The number of benzene rings is 1. The third kappa shape index (κ3) is 3.63. The van der Waals surface area contributed by atoms with E-state index in [1.54, 1.807) is 6.92 Å². The molecule has 0 aliphatic heterocycles. The zero-order chi connectivity index (χ0) is 17.1. The van der Waals surface area contributed by atoms with Crippen LogP contribution in [0.5, 0.6) is 0 Å². The fourth-order valence-corrected chi connectivity index (χ4v) is 2.76. The lowest BCUT2D eigenvalue weighted by Gasteiger charge is -2.02. The van der Waals surface area contributed by atoms with Gasteiger partial charge in [-0.1, -0.05) is 22.9 Å². The summed E-state index contributed by atoms with van der Waals surface area (Å²) in [6, 6.07) is 3.69. The van der Waals surface area contributed by atoms with Gasteiger partial charge in [0.1, 0.15) is 9.90 Å². The molecule has 0 aliphatic rings. The Morgan fingerprint density at radius 1 is 1.43 bits per heavy atom. The zero-order valence-electron chi connectivity index (χ0n) is 12.0. The predicted octanol–water partition coefficient (Wildman–Crippen LogP) is 3.05. The van der Waals surface area contributed by atoms with Gasteiger partial charge in [0.15, 0.2) is 5.13 Å². The van der Waals surface area contributed by atoms with Crippen LogP contribution in [0.3, 0.4) is 0 Å². The molecule has 0 aliphatic carbocycles. The smallest absolute Gasteiger partial charge is 0.350 e. The molecule has 120 valence electrons. The summed E-state index contributed by atoms with van der Waals surface area (Å²) in [7, 11) is 1.24. The molecule has 1 aromatic carbocycles. The van der Waals surface area contributed by atoms with Crippen molar-refractivity contribution in [3.05, 3.63) is 49.5 Å². The Hall–Kier alpha value is -2.52. The van der Waals surface area contributed by atoms with Gasteiger partial charge in [0.25, 0.3) is 11.6 Å². The topological polar surface area (TPSA) is 111 Å². The number of hydrogen-bond acceptors (Lipinski definition) is 7. The SMILES string of the molecule is COC(=O)c1sc(NC(=O)c2ccc(Cl)c([N+](=O)[O-])c2)nc1C. The van der Waals surface area contributed by atoms with Crippen LogP contribution in [0.25, 0.3) is 0 Å². The second-order valence-electron chi connectivity index (χ2n) is 4.30. The molecule has 0 saturated heterocycles.